The average Bonchev–Trinajstić information content (AvgIpc) is 2.85. The van der Waals surface area contributed by atoms with E-state index in [1.54, 1.807) is 42.5 Å². The number of rotatable bonds is 7. The van der Waals surface area contributed by atoms with Crippen molar-refractivity contribution in [2.75, 3.05) is 6.61 Å². The van der Waals surface area contributed by atoms with Gasteiger partial charge in [0.15, 0.2) is 6.61 Å². The van der Waals surface area contributed by atoms with Crippen LogP contribution in [0.1, 0.15) is 21.5 Å². The summed E-state index contributed by atoms with van der Waals surface area (Å²) < 4.78 is 11.1. The first-order valence-corrected chi connectivity index (χ1v) is 10.9. The summed E-state index contributed by atoms with van der Waals surface area (Å²) in [5.74, 6) is -0.136. The average molecular weight is 473 g/mol. The highest BCUT2D eigenvalue weighted by atomic mass is 35.5. The van der Waals surface area contributed by atoms with Crippen LogP contribution in [0.25, 0.3) is 10.8 Å². The lowest BCUT2D eigenvalue weighted by Crippen LogP contribution is -2.24. The van der Waals surface area contributed by atoms with E-state index in [2.05, 4.69) is 10.5 Å². The predicted molar refractivity (Wildman–Crippen MR) is 133 cm³/mol. The summed E-state index contributed by atoms with van der Waals surface area (Å²) in [7, 11) is 0. The summed E-state index contributed by atoms with van der Waals surface area (Å²) in [5.41, 5.74) is 4.33. The van der Waals surface area contributed by atoms with Gasteiger partial charge < -0.3 is 9.47 Å². The molecule has 0 saturated carbocycles. The molecule has 4 aromatic rings. The topological polar surface area (TPSA) is 77.0 Å². The number of carbonyl (C=O) groups is 2. The smallest absolute Gasteiger partial charge is 0.345 e. The SMILES string of the molecule is Cc1ccc(OCC(=O)N/N=C/c2c(OC(=O)c3ccccc3Cl)ccc3ccccc23)cc1. The monoisotopic (exact) mass is 472 g/mol. The fourth-order valence-electron chi connectivity index (χ4n) is 3.26. The molecule has 0 atom stereocenters. The van der Waals surface area contributed by atoms with Crippen molar-refractivity contribution in [3.8, 4) is 11.5 Å². The first-order chi connectivity index (χ1) is 16.5. The van der Waals surface area contributed by atoms with Crippen molar-refractivity contribution in [3.05, 3.63) is 107 Å². The molecule has 0 radical (unpaired) electrons. The maximum atomic E-state index is 12.7. The lowest BCUT2D eigenvalue weighted by molar-refractivity contribution is -0.123. The third-order valence-corrected chi connectivity index (χ3v) is 5.33. The van der Waals surface area contributed by atoms with Crippen LogP contribution in [-0.2, 0) is 4.79 Å². The van der Waals surface area contributed by atoms with E-state index in [1.165, 1.54) is 6.21 Å². The van der Waals surface area contributed by atoms with Crippen LogP contribution in [0.2, 0.25) is 5.02 Å². The second kappa shape index (κ2) is 10.6. The van der Waals surface area contributed by atoms with Crippen LogP contribution in [-0.4, -0.2) is 24.7 Å². The Bertz CT molecular complexity index is 1370. The molecular weight excluding hydrogens is 452 g/mol. The third-order valence-electron chi connectivity index (χ3n) is 5.00. The molecule has 7 heteroatoms. The molecule has 1 N–H and O–H groups in total. The van der Waals surface area contributed by atoms with Gasteiger partial charge in [-0.25, -0.2) is 10.2 Å². The van der Waals surface area contributed by atoms with Crippen LogP contribution in [0.5, 0.6) is 11.5 Å². The molecule has 0 aliphatic heterocycles. The van der Waals surface area contributed by atoms with E-state index in [0.717, 1.165) is 16.3 Å². The number of hydrazone groups is 1. The number of fused-ring (bicyclic) bond motifs is 1. The van der Waals surface area contributed by atoms with Gasteiger partial charge in [0.2, 0.25) is 0 Å². The number of nitrogens with one attached hydrogen (secondary N) is 1. The van der Waals surface area contributed by atoms with Crippen molar-refractivity contribution >= 4 is 40.5 Å². The van der Waals surface area contributed by atoms with Gasteiger partial charge >= 0.3 is 5.97 Å². The Morgan fingerprint density at radius 1 is 0.941 bits per heavy atom. The van der Waals surface area contributed by atoms with Crippen molar-refractivity contribution in [3.63, 3.8) is 0 Å². The minimum Gasteiger partial charge on any atom is -0.484 e. The Balaban J connectivity index is 1.51. The lowest BCUT2D eigenvalue weighted by Gasteiger charge is -2.11. The molecular formula is C27H21ClN2O4. The molecule has 0 aliphatic carbocycles. The second-order valence-electron chi connectivity index (χ2n) is 7.46. The van der Waals surface area contributed by atoms with E-state index in [0.29, 0.717) is 16.3 Å². The van der Waals surface area contributed by atoms with Crippen LogP contribution >= 0.6 is 11.6 Å². The highest BCUT2D eigenvalue weighted by Crippen LogP contribution is 2.28. The van der Waals surface area contributed by atoms with E-state index < -0.39 is 11.9 Å². The zero-order valence-corrected chi connectivity index (χ0v) is 19.1. The van der Waals surface area contributed by atoms with E-state index in [1.807, 2.05) is 49.4 Å². The summed E-state index contributed by atoms with van der Waals surface area (Å²) in [6.07, 6.45) is 1.45. The minimum absolute atomic E-state index is 0.190. The van der Waals surface area contributed by atoms with Crippen LogP contribution in [0.15, 0.2) is 90.0 Å². The molecule has 6 nitrogen and oxygen atoms in total. The number of esters is 1. The zero-order chi connectivity index (χ0) is 23.9. The summed E-state index contributed by atoms with van der Waals surface area (Å²) in [5, 5.41) is 6.08. The van der Waals surface area contributed by atoms with Gasteiger partial charge in [-0.2, -0.15) is 5.10 Å². The Labute approximate surface area is 201 Å². The van der Waals surface area contributed by atoms with Gasteiger partial charge in [-0.3, -0.25) is 4.79 Å². The molecule has 0 bridgehead atoms. The molecule has 4 rings (SSSR count). The Morgan fingerprint density at radius 3 is 2.47 bits per heavy atom. The van der Waals surface area contributed by atoms with Gasteiger partial charge in [0.1, 0.15) is 11.5 Å². The summed E-state index contributed by atoms with van der Waals surface area (Å²) in [4.78, 5) is 24.9. The number of ether oxygens (including phenoxy) is 2. The van der Waals surface area contributed by atoms with Gasteiger partial charge in [-0.15, -0.1) is 0 Å². The van der Waals surface area contributed by atoms with Gasteiger partial charge in [-0.1, -0.05) is 71.8 Å². The van der Waals surface area contributed by atoms with Gasteiger partial charge in [0, 0.05) is 5.56 Å². The van der Waals surface area contributed by atoms with E-state index in [-0.39, 0.29) is 17.9 Å². The summed E-state index contributed by atoms with van der Waals surface area (Å²) in [6.45, 7) is 1.78. The minimum atomic E-state index is -0.592. The summed E-state index contributed by atoms with van der Waals surface area (Å²) in [6, 6.07) is 25.2. The van der Waals surface area contributed by atoms with Crippen LogP contribution in [0.3, 0.4) is 0 Å². The zero-order valence-electron chi connectivity index (χ0n) is 18.3. The highest BCUT2D eigenvalue weighted by molar-refractivity contribution is 6.33. The normalized spacial score (nSPS) is 10.9. The van der Waals surface area contributed by atoms with Crippen molar-refractivity contribution in [2.45, 2.75) is 6.92 Å². The van der Waals surface area contributed by atoms with Crippen LogP contribution < -0.4 is 14.9 Å². The molecule has 4 aromatic carbocycles. The van der Waals surface area contributed by atoms with Gasteiger partial charge in [0.25, 0.3) is 5.91 Å². The predicted octanol–water partition coefficient (Wildman–Crippen LogP) is 5.55. The van der Waals surface area contributed by atoms with E-state index in [9.17, 15) is 9.59 Å². The lowest BCUT2D eigenvalue weighted by atomic mass is 10.0. The summed E-state index contributed by atoms with van der Waals surface area (Å²) >= 11 is 6.13. The number of benzene rings is 4. The Kier molecular flexibility index (Phi) is 7.20. The van der Waals surface area contributed by atoms with Crippen molar-refractivity contribution in [2.24, 2.45) is 5.10 Å². The van der Waals surface area contributed by atoms with E-state index in [4.69, 9.17) is 21.1 Å². The number of amides is 1. The maximum Gasteiger partial charge on any atom is 0.345 e. The number of hydrogen-bond acceptors (Lipinski definition) is 5. The van der Waals surface area contributed by atoms with Crippen molar-refractivity contribution in [1.82, 2.24) is 5.43 Å². The molecule has 0 aliphatic rings. The van der Waals surface area contributed by atoms with Gasteiger partial charge in [-0.05, 0) is 48.0 Å². The molecule has 0 fully saturated rings. The molecule has 0 spiro atoms. The number of nitrogens with zero attached hydrogens (tertiary/aromatic N) is 1. The molecule has 0 unspecified atom stereocenters. The molecule has 0 saturated heterocycles. The molecule has 1 amide bonds. The Morgan fingerprint density at radius 2 is 1.68 bits per heavy atom. The Hall–Kier alpha value is -4.16. The quantitative estimate of drug-likeness (QED) is 0.165. The second-order valence-corrected chi connectivity index (χ2v) is 7.87. The largest absolute Gasteiger partial charge is 0.484 e. The highest BCUT2D eigenvalue weighted by Gasteiger charge is 2.15. The number of aryl methyl sites for hydroxylation is 1. The third kappa shape index (κ3) is 5.60. The van der Waals surface area contributed by atoms with Crippen LogP contribution in [0.4, 0.5) is 0 Å². The van der Waals surface area contributed by atoms with E-state index >= 15 is 0 Å². The number of halogens is 1. The van der Waals surface area contributed by atoms with Crippen molar-refractivity contribution in [1.29, 1.82) is 0 Å². The van der Waals surface area contributed by atoms with Crippen molar-refractivity contribution < 1.29 is 19.1 Å². The fraction of sp³-hybridized carbons (Fsp3) is 0.0741. The molecule has 0 heterocycles. The number of hydrogen-bond donors (Lipinski definition) is 1. The molecule has 0 aromatic heterocycles. The van der Waals surface area contributed by atoms with Crippen LogP contribution in [0, 0.1) is 6.92 Å². The first kappa shape index (κ1) is 23.0. The standard InChI is InChI=1S/C27H21ClN2O4/c1-18-10-13-20(14-11-18)33-17-26(31)30-29-16-23-21-7-3-2-6-19(21)12-15-25(23)34-27(32)22-8-4-5-9-24(22)28/h2-16H,17H2,1H3,(H,30,31)/b29-16+. The maximum absolute atomic E-state index is 12.7. The number of carbonyl (C=O) groups excluding carboxylic acids is 2. The fourth-order valence-corrected chi connectivity index (χ4v) is 3.48. The first-order valence-electron chi connectivity index (χ1n) is 10.5. The molecule has 170 valence electrons. The molecule has 34 heavy (non-hydrogen) atoms. The van der Waals surface area contributed by atoms with Gasteiger partial charge in [0.05, 0.1) is 16.8 Å².